The molecule has 7 heteroatoms. The van der Waals surface area contributed by atoms with Crippen molar-refractivity contribution >= 4 is 30.1 Å². The van der Waals surface area contributed by atoms with E-state index in [9.17, 15) is 4.57 Å². The lowest BCUT2D eigenvalue weighted by Crippen LogP contribution is -2.28. The molecule has 104 valence electrons. The molecule has 4 nitrogen and oxygen atoms in total. The van der Waals surface area contributed by atoms with Crippen LogP contribution in [-0.2, 0) is 18.3 Å². The Balaban J connectivity index is 4.42. The van der Waals surface area contributed by atoms with Crippen LogP contribution in [-0.4, -0.2) is 30.9 Å². The molecule has 0 saturated carbocycles. The maximum Gasteiger partial charge on any atom is 0.361 e. The van der Waals surface area contributed by atoms with Gasteiger partial charge in [-0.15, -0.1) is 11.7 Å². The highest BCUT2D eigenvalue weighted by Gasteiger charge is 2.43. The van der Waals surface area contributed by atoms with Crippen molar-refractivity contribution in [3.63, 3.8) is 0 Å². The summed E-state index contributed by atoms with van der Waals surface area (Å²) in [6, 6.07) is 0. The quantitative estimate of drug-likeness (QED) is 0.417. The topological polar surface area (TPSA) is 44.8 Å². The van der Waals surface area contributed by atoms with Gasteiger partial charge in [0, 0.05) is 25.6 Å². The highest BCUT2D eigenvalue weighted by Crippen LogP contribution is 2.59. The summed E-state index contributed by atoms with van der Waals surface area (Å²) in [5, 5.41) is -0.951. The zero-order valence-corrected chi connectivity index (χ0v) is 14.0. The Hall–Kier alpha value is 0.810. The molecule has 0 radical (unpaired) electrons. The molecule has 0 bridgehead atoms. The van der Waals surface area contributed by atoms with Gasteiger partial charge in [0.15, 0.2) is 5.34 Å². The number of ether oxygens (including phenoxy) is 1. The van der Waals surface area contributed by atoms with Gasteiger partial charge in [0.2, 0.25) is 0 Å². The van der Waals surface area contributed by atoms with Crippen molar-refractivity contribution in [2.75, 3.05) is 20.8 Å². The van der Waals surface area contributed by atoms with E-state index >= 15 is 0 Å². The van der Waals surface area contributed by atoms with Crippen molar-refractivity contribution in [3.05, 3.63) is 0 Å². The third-order valence-corrected chi connectivity index (χ3v) is 7.14. The average Bonchev–Trinajstić information content (AvgIpc) is 2.27. The molecule has 17 heavy (non-hydrogen) atoms. The van der Waals surface area contributed by atoms with E-state index in [0.717, 1.165) is 6.42 Å². The van der Waals surface area contributed by atoms with E-state index < -0.39 is 12.9 Å². The van der Waals surface area contributed by atoms with Crippen molar-refractivity contribution in [2.24, 2.45) is 0 Å². The highest BCUT2D eigenvalue weighted by atomic mass is 33.1. The molecular formula is C10H23O4PS2. The molecule has 0 aliphatic carbocycles. The maximum absolute atomic E-state index is 12.2. The molecule has 0 spiro atoms. The third kappa shape index (κ3) is 5.13. The molecule has 0 unspecified atom stereocenters. The normalized spacial score (nSPS) is 14.1. The van der Waals surface area contributed by atoms with E-state index in [1.54, 1.807) is 13.8 Å². The molecule has 0 rings (SSSR count). The third-order valence-electron chi connectivity index (χ3n) is 2.55. The van der Waals surface area contributed by atoms with E-state index in [2.05, 4.69) is 25.5 Å². The lowest BCUT2D eigenvalue weighted by Gasteiger charge is -2.32. The summed E-state index contributed by atoms with van der Waals surface area (Å²) in [7, 11) is 0.985. The zero-order chi connectivity index (χ0) is 13.7. The lowest BCUT2D eigenvalue weighted by atomic mass is 10.1. The van der Waals surface area contributed by atoms with Crippen molar-refractivity contribution in [1.82, 2.24) is 0 Å². The second kappa shape index (κ2) is 6.83. The first-order valence-electron chi connectivity index (χ1n) is 5.32. The van der Waals surface area contributed by atoms with Crippen LogP contribution in [0.15, 0.2) is 0 Å². The van der Waals surface area contributed by atoms with E-state index in [1.165, 1.54) is 25.0 Å². The number of rotatable bonds is 8. The molecule has 0 atom stereocenters. The van der Waals surface area contributed by atoms with Crippen LogP contribution in [0.3, 0.4) is 0 Å². The predicted octanol–water partition coefficient (Wildman–Crippen LogP) is 3.97. The summed E-state index contributed by atoms with van der Waals surface area (Å²) in [6.07, 6.45) is 0.804. The first-order chi connectivity index (χ1) is 7.64. The van der Waals surface area contributed by atoms with E-state index in [4.69, 9.17) is 13.8 Å². The van der Waals surface area contributed by atoms with Crippen LogP contribution in [0.1, 0.15) is 34.1 Å². The molecule has 0 aromatic rings. The minimum atomic E-state index is -3.22. The smallest absolute Gasteiger partial charge is 0.361 e. The summed E-state index contributed by atoms with van der Waals surface area (Å²) in [5.74, 6) is 0. The molecule has 0 fully saturated rings. The van der Waals surface area contributed by atoms with Crippen molar-refractivity contribution in [3.8, 4) is 0 Å². The second-order valence-electron chi connectivity index (χ2n) is 4.76. The van der Waals surface area contributed by atoms with Crippen LogP contribution in [0.25, 0.3) is 0 Å². The number of thiol groups is 1. The van der Waals surface area contributed by atoms with Gasteiger partial charge in [0.1, 0.15) is 0 Å². The Morgan fingerprint density at radius 3 is 2.00 bits per heavy atom. The average molecular weight is 302 g/mol. The van der Waals surface area contributed by atoms with E-state index in [-0.39, 0.29) is 4.75 Å². The Labute approximate surface area is 114 Å². The predicted molar refractivity (Wildman–Crippen MR) is 76.9 cm³/mol. The van der Waals surface area contributed by atoms with Crippen molar-refractivity contribution < 1.29 is 18.3 Å². The highest BCUT2D eigenvalue weighted by molar-refractivity contribution is 8.69. The monoisotopic (exact) mass is 302 g/mol. The second-order valence-corrected chi connectivity index (χ2v) is 9.40. The minimum Gasteiger partial charge on any atom is -0.363 e. The molecule has 0 saturated heterocycles. The van der Waals surface area contributed by atoms with Gasteiger partial charge in [-0.2, -0.15) is 0 Å². The van der Waals surface area contributed by atoms with Crippen LogP contribution in [0.2, 0.25) is 0 Å². The van der Waals surface area contributed by atoms with Crippen LogP contribution in [0.5, 0.6) is 0 Å². The number of hydrogen-bond donors (Lipinski definition) is 1. The van der Waals surface area contributed by atoms with E-state index in [0.29, 0.717) is 6.61 Å². The maximum atomic E-state index is 12.2. The summed E-state index contributed by atoms with van der Waals surface area (Å²) in [4.78, 5) is 0. The van der Waals surface area contributed by atoms with Crippen LogP contribution >= 0.6 is 30.1 Å². The molecule has 0 amide bonds. The summed E-state index contributed by atoms with van der Waals surface area (Å²) >= 11 is 4.20. The summed E-state index contributed by atoms with van der Waals surface area (Å²) in [6.45, 7) is 8.05. The first-order valence-corrected chi connectivity index (χ1v) is 8.73. The number of hydrogen-bond acceptors (Lipinski definition) is 6. The SMILES string of the molecule is COP(=O)(OC)C(C)(C)OCCC(C)(C)SS. The molecule has 0 aromatic carbocycles. The van der Waals surface area contributed by atoms with Crippen molar-refractivity contribution in [2.45, 2.75) is 44.2 Å². The van der Waals surface area contributed by atoms with Gasteiger partial charge in [0.05, 0.1) is 0 Å². The fourth-order valence-corrected chi connectivity index (χ4v) is 2.91. The van der Waals surface area contributed by atoms with Gasteiger partial charge in [-0.25, -0.2) is 0 Å². The summed E-state index contributed by atoms with van der Waals surface area (Å²) in [5.41, 5.74) is 0. The zero-order valence-electron chi connectivity index (χ0n) is 11.3. The Morgan fingerprint density at radius 2 is 1.65 bits per heavy atom. The van der Waals surface area contributed by atoms with Gasteiger partial charge >= 0.3 is 7.60 Å². The Kier molecular flexibility index (Phi) is 7.15. The standard InChI is InChI=1S/C10H23O4PS2/c1-9(2,17-16)7-8-14-10(3,4)15(11,12-5)13-6/h16H,7-8H2,1-6H3. The first kappa shape index (κ1) is 17.8. The minimum absolute atomic E-state index is 0.0172. The molecule has 0 heterocycles. The molecule has 0 aliphatic rings. The molecule has 0 aromatic heterocycles. The van der Waals surface area contributed by atoms with E-state index in [1.807, 2.05) is 0 Å². The Bertz CT molecular complexity index is 273. The van der Waals surface area contributed by atoms with Crippen molar-refractivity contribution in [1.29, 1.82) is 0 Å². The lowest BCUT2D eigenvalue weighted by molar-refractivity contribution is 0.0152. The van der Waals surface area contributed by atoms with Gasteiger partial charge in [0.25, 0.3) is 0 Å². The summed E-state index contributed by atoms with van der Waals surface area (Å²) < 4.78 is 27.8. The van der Waals surface area contributed by atoms with Gasteiger partial charge in [-0.05, 0) is 34.1 Å². The Morgan fingerprint density at radius 1 is 1.18 bits per heavy atom. The van der Waals surface area contributed by atoms with Crippen LogP contribution < -0.4 is 0 Å². The van der Waals surface area contributed by atoms with Crippen LogP contribution in [0, 0.1) is 0 Å². The molecule has 0 aliphatic heterocycles. The van der Waals surface area contributed by atoms with Gasteiger partial charge in [-0.1, -0.05) is 10.8 Å². The molecular weight excluding hydrogens is 279 g/mol. The fraction of sp³-hybridized carbons (Fsp3) is 1.00. The largest absolute Gasteiger partial charge is 0.363 e. The van der Waals surface area contributed by atoms with Gasteiger partial charge in [-0.3, -0.25) is 4.57 Å². The van der Waals surface area contributed by atoms with Gasteiger partial charge < -0.3 is 13.8 Å². The molecule has 0 N–H and O–H groups in total. The van der Waals surface area contributed by atoms with Crippen LogP contribution in [0.4, 0.5) is 0 Å². The fourth-order valence-electron chi connectivity index (χ4n) is 1.19.